The van der Waals surface area contributed by atoms with Crippen LogP contribution in [0.1, 0.15) is 76.5 Å². The van der Waals surface area contributed by atoms with Crippen LogP contribution in [0.3, 0.4) is 0 Å². The van der Waals surface area contributed by atoms with Crippen molar-refractivity contribution in [3.63, 3.8) is 0 Å². The molecule has 6 aromatic rings. The summed E-state index contributed by atoms with van der Waals surface area (Å²) < 4.78 is 45.1. The number of esters is 6. The van der Waals surface area contributed by atoms with Crippen molar-refractivity contribution in [1.29, 1.82) is 0 Å². The second kappa shape index (κ2) is 25.4. The largest absolute Gasteiger partial charge is 0.488 e. The molecular weight excluding hydrogens is 873 g/mol. The Labute approximate surface area is 393 Å². The minimum absolute atomic E-state index is 0.0986. The molecule has 0 unspecified atom stereocenters. The van der Waals surface area contributed by atoms with Gasteiger partial charge in [-0.3, -0.25) is 9.59 Å². The van der Waals surface area contributed by atoms with Gasteiger partial charge in [0.15, 0.2) is 12.2 Å². The molecule has 0 atom stereocenters. The molecule has 68 heavy (non-hydrogen) atoms. The molecule has 0 aliphatic rings. The van der Waals surface area contributed by atoms with E-state index in [-0.39, 0.29) is 35.8 Å². The Bertz CT molecular complexity index is 2480. The Morgan fingerprint density at radius 3 is 1.01 bits per heavy atom. The Kier molecular flexibility index (Phi) is 18.4. The van der Waals surface area contributed by atoms with Crippen LogP contribution in [0, 0.1) is 13.8 Å². The van der Waals surface area contributed by atoms with Gasteiger partial charge in [0.05, 0.1) is 24.0 Å². The summed E-state index contributed by atoms with van der Waals surface area (Å²) in [6, 6.07) is 45.2. The molecule has 0 spiro atoms. The van der Waals surface area contributed by atoms with Crippen LogP contribution >= 0.6 is 0 Å². The van der Waals surface area contributed by atoms with Crippen molar-refractivity contribution in [1.82, 2.24) is 0 Å². The topological polar surface area (TPSA) is 176 Å². The highest BCUT2D eigenvalue weighted by Crippen LogP contribution is 2.23. The summed E-state index contributed by atoms with van der Waals surface area (Å²) in [7, 11) is 0. The molecule has 0 fully saturated rings. The van der Waals surface area contributed by atoms with Crippen molar-refractivity contribution in [2.75, 3.05) is 26.4 Å². The van der Waals surface area contributed by atoms with Crippen LogP contribution < -0.4 is 9.47 Å². The van der Waals surface area contributed by atoms with Gasteiger partial charge in [0.2, 0.25) is 0 Å². The third kappa shape index (κ3) is 15.2. The molecule has 0 aromatic heterocycles. The van der Waals surface area contributed by atoms with Gasteiger partial charge in [-0.2, -0.15) is 0 Å². The SMILES string of the molecule is Cc1ccccc1C(=O)OCC(COC(=O)c1ccccc1C)OC(=O)CCC(=O)OC(COC(=O)c1ccccc1OCc1ccccc1)COC(=O)c1ccccc1OCc1ccccc1. The van der Waals surface area contributed by atoms with Gasteiger partial charge in [0.1, 0.15) is 62.3 Å². The van der Waals surface area contributed by atoms with Gasteiger partial charge in [-0.25, -0.2) is 19.2 Å². The normalized spacial score (nSPS) is 10.7. The molecule has 14 nitrogen and oxygen atoms in total. The highest BCUT2D eigenvalue weighted by molar-refractivity contribution is 5.94. The second-order valence-corrected chi connectivity index (χ2v) is 15.3. The van der Waals surface area contributed by atoms with E-state index >= 15 is 0 Å². The number of aryl methyl sites for hydroxylation is 2. The van der Waals surface area contributed by atoms with Crippen molar-refractivity contribution < 1.29 is 66.7 Å². The second-order valence-electron chi connectivity index (χ2n) is 15.3. The van der Waals surface area contributed by atoms with Crippen molar-refractivity contribution >= 4 is 35.8 Å². The summed E-state index contributed by atoms with van der Waals surface area (Å²) in [5, 5.41) is 0. The molecular formula is C54H50O14. The molecule has 0 aliphatic carbocycles. The minimum Gasteiger partial charge on any atom is -0.488 e. The van der Waals surface area contributed by atoms with Crippen molar-refractivity contribution in [2.24, 2.45) is 0 Å². The molecule has 0 saturated heterocycles. The van der Waals surface area contributed by atoms with E-state index in [1.54, 1.807) is 98.8 Å². The maximum absolute atomic E-state index is 13.5. The van der Waals surface area contributed by atoms with Crippen LogP contribution in [0.2, 0.25) is 0 Å². The third-order valence-corrected chi connectivity index (χ3v) is 10.1. The first-order valence-electron chi connectivity index (χ1n) is 21.7. The zero-order valence-electron chi connectivity index (χ0n) is 37.5. The number of benzene rings is 6. The summed E-state index contributed by atoms with van der Waals surface area (Å²) >= 11 is 0. The molecule has 0 saturated carbocycles. The third-order valence-electron chi connectivity index (χ3n) is 10.1. The van der Waals surface area contributed by atoms with Gasteiger partial charge in [-0.05, 0) is 72.5 Å². The highest BCUT2D eigenvalue weighted by atomic mass is 16.6. The Morgan fingerprint density at radius 1 is 0.368 bits per heavy atom. The smallest absolute Gasteiger partial charge is 0.342 e. The van der Waals surface area contributed by atoms with E-state index in [9.17, 15) is 28.8 Å². The molecule has 14 heteroatoms. The number of rotatable bonds is 23. The Morgan fingerprint density at radius 2 is 0.662 bits per heavy atom. The molecule has 0 radical (unpaired) electrons. The lowest BCUT2D eigenvalue weighted by atomic mass is 10.1. The number of hydrogen-bond donors (Lipinski definition) is 0. The van der Waals surface area contributed by atoms with Crippen LogP contribution in [-0.4, -0.2) is 74.5 Å². The Balaban J connectivity index is 1.10. The molecule has 0 heterocycles. The fourth-order valence-electron chi connectivity index (χ4n) is 6.51. The van der Waals surface area contributed by atoms with Gasteiger partial charge in [0.25, 0.3) is 0 Å². The molecule has 0 N–H and O–H groups in total. The number of ether oxygens (including phenoxy) is 8. The molecule has 350 valence electrons. The standard InChI is InChI=1S/C54H50O14/c1-37-17-9-11-23-43(37)51(57)63-33-41(34-64-52(58)44-24-12-10-18-38(44)2)67-49(55)29-30-50(56)68-42(35-65-53(59)45-25-13-15-27-47(45)61-31-39-19-5-3-6-20-39)36-66-54(60)46-26-14-16-28-48(46)62-32-40-21-7-4-8-22-40/h3-28,41-42H,29-36H2,1-2H3. The molecule has 6 rings (SSSR count). The van der Waals surface area contributed by atoms with Gasteiger partial charge in [0, 0.05) is 0 Å². The van der Waals surface area contributed by atoms with E-state index in [4.69, 9.17) is 37.9 Å². The van der Waals surface area contributed by atoms with Gasteiger partial charge < -0.3 is 37.9 Å². The van der Waals surface area contributed by atoms with Gasteiger partial charge in [-0.1, -0.05) is 121 Å². The zero-order chi connectivity index (χ0) is 48.1. The molecule has 0 amide bonds. The average molecular weight is 923 g/mol. The van der Waals surface area contributed by atoms with Crippen LogP contribution in [-0.2, 0) is 51.2 Å². The van der Waals surface area contributed by atoms with Crippen molar-refractivity contribution in [3.8, 4) is 11.5 Å². The first-order valence-corrected chi connectivity index (χ1v) is 21.7. The number of para-hydroxylation sites is 2. The van der Waals surface area contributed by atoms with E-state index in [0.29, 0.717) is 22.3 Å². The van der Waals surface area contributed by atoms with Crippen LogP contribution in [0.5, 0.6) is 11.5 Å². The van der Waals surface area contributed by atoms with Gasteiger partial charge >= 0.3 is 35.8 Å². The number of carbonyl (C=O) groups is 6. The maximum Gasteiger partial charge on any atom is 0.342 e. The minimum atomic E-state index is -1.34. The predicted octanol–water partition coefficient (Wildman–Crippen LogP) is 8.79. The molecule has 6 aromatic carbocycles. The highest BCUT2D eigenvalue weighted by Gasteiger charge is 2.26. The van der Waals surface area contributed by atoms with Crippen LogP contribution in [0.25, 0.3) is 0 Å². The first-order chi connectivity index (χ1) is 33.0. The molecule has 0 bridgehead atoms. The van der Waals surface area contributed by atoms with Gasteiger partial charge in [-0.15, -0.1) is 0 Å². The summed E-state index contributed by atoms with van der Waals surface area (Å²) in [5.41, 5.74) is 3.86. The molecule has 0 aliphatic heterocycles. The lowest BCUT2D eigenvalue weighted by Crippen LogP contribution is -2.32. The fraction of sp³-hybridized carbons (Fsp3) is 0.222. The van der Waals surface area contributed by atoms with E-state index in [1.807, 2.05) is 60.7 Å². The summed E-state index contributed by atoms with van der Waals surface area (Å²) in [6.45, 7) is 1.79. The summed E-state index contributed by atoms with van der Waals surface area (Å²) in [4.78, 5) is 79.3. The zero-order valence-corrected chi connectivity index (χ0v) is 37.5. The number of carbonyl (C=O) groups excluding carboxylic acids is 6. The van der Waals surface area contributed by atoms with Crippen LogP contribution in [0.4, 0.5) is 0 Å². The van der Waals surface area contributed by atoms with E-state index in [0.717, 1.165) is 11.1 Å². The number of hydrogen-bond acceptors (Lipinski definition) is 14. The lowest BCUT2D eigenvalue weighted by molar-refractivity contribution is -0.160. The van der Waals surface area contributed by atoms with Crippen molar-refractivity contribution in [3.05, 3.63) is 202 Å². The lowest BCUT2D eigenvalue weighted by Gasteiger charge is -2.20. The summed E-state index contributed by atoms with van der Waals surface area (Å²) in [6.07, 6.45) is -3.62. The average Bonchev–Trinajstić information content (AvgIpc) is 3.36. The summed E-state index contributed by atoms with van der Waals surface area (Å²) in [5.74, 6) is -4.30. The monoisotopic (exact) mass is 922 g/mol. The Hall–Kier alpha value is -8.26. The maximum atomic E-state index is 13.5. The van der Waals surface area contributed by atoms with Crippen molar-refractivity contribution in [2.45, 2.75) is 52.1 Å². The van der Waals surface area contributed by atoms with E-state index in [1.165, 1.54) is 12.1 Å². The first kappa shape index (κ1) is 49.2. The predicted molar refractivity (Wildman–Crippen MR) is 247 cm³/mol. The quantitative estimate of drug-likeness (QED) is 0.0440. The van der Waals surface area contributed by atoms with E-state index in [2.05, 4.69) is 0 Å². The van der Waals surface area contributed by atoms with E-state index < -0.39 is 87.3 Å². The van der Waals surface area contributed by atoms with Crippen LogP contribution in [0.15, 0.2) is 158 Å². The fourth-order valence-corrected chi connectivity index (χ4v) is 6.51.